The Labute approximate surface area is 158 Å². The number of amides is 1. The van der Waals surface area contributed by atoms with Crippen molar-refractivity contribution in [3.8, 4) is 11.4 Å². The molecule has 2 heterocycles. The first-order chi connectivity index (χ1) is 13.3. The number of aromatic nitrogens is 4. The summed E-state index contributed by atoms with van der Waals surface area (Å²) in [4.78, 5) is 15.6. The van der Waals surface area contributed by atoms with Crippen LogP contribution in [0.25, 0.3) is 11.4 Å². The van der Waals surface area contributed by atoms with E-state index in [9.17, 15) is 18.0 Å². The Kier molecular flexibility index (Phi) is 4.37. The molecule has 1 amide bonds. The van der Waals surface area contributed by atoms with E-state index in [0.29, 0.717) is 0 Å². The van der Waals surface area contributed by atoms with Crippen LogP contribution in [0, 0.1) is 0 Å². The van der Waals surface area contributed by atoms with E-state index in [1.165, 1.54) is 12.1 Å². The molecule has 0 radical (unpaired) electrons. The topological polar surface area (TPSA) is 63.9 Å². The lowest BCUT2D eigenvalue weighted by Crippen LogP contribution is -2.38. The van der Waals surface area contributed by atoms with Gasteiger partial charge >= 0.3 is 6.18 Å². The molecule has 0 bridgehead atoms. The fourth-order valence-electron chi connectivity index (χ4n) is 3.40. The Morgan fingerprint density at radius 1 is 1.18 bits per heavy atom. The number of anilines is 1. The monoisotopic (exact) mass is 387 g/mol. The first-order valence-corrected chi connectivity index (χ1v) is 8.68. The number of alkyl halides is 3. The van der Waals surface area contributed by atoms with Crippen LogP contribution in [0.2, 0.25) is 0 Å². The molecule has 0 N–H and O–H groups in total. The number of para-hydroxylation sites is 1. The fourth-order valence-corrected chi connectivity index (χ4v) is 3.40. The minimum atomic E-state index is -4.46. The maximum atomic E-state index is 12.9. The molecule has 9 heteroatoms. The van der Waals surface area contributed by atoms with Crippen molar-refractivity contribution in [2.45, 2.75) is 32.1 Å². The Morgan fingerprint density at radius 2 is 1.96 bits per heavy atom. The van der Waals surface area contributed by atoms with Crippen molar-refractivity contribution < 1.29 is 18.0 Å². The van der Waals surface area contributed by atoms with Crippen LogP contribution in [0.4, 0.5) is 18.9 Å². The van der Waals surface area contributed by atoms with Crippen LogP contribution >= 0.6 is 0 Å². The fraction of sp³-hybridized carbons (Fsp3) is 0.263. The van der Waals surface area contributed by atoms with Gasteiger partial charge in [-0.3, -0.25) is 4.79 Å². The SMILES string of the molecule is C[C@@H]1Cc2ccccc2N1C(=O)Cn1nnc(-c2cccc(C(F)(F)F)c2)n1. The van der Waals surface area contributed by atoms with Gasteiger partial charge in [-0.25, -0.2) is 0 Å². The zero-order valence-corrected chi connectivity index (χ0v) is 14.9. The second-order valence-corrected chi connectivity index (χ2v) is 6.67. The van der Waals surface area contributed by atoms with Gasteiger partial charge in [0.1, 0.15) is 6.54 Å². The highest BCUT2D eigenvalue weighted by Gasteiger charge is 2.32. The maximum absolute atomic E-state index is 12.9. The van der Waals surface area contributed by atoms with Crippen molar-refractivity contribution in [2.24, 2.45) is 0 Å². The highest BCUT2D eigenvalue weighted by molar-refractivity contribution is 5.95. The number of rotatable bonds is 3. The van der Waals surface area contributed by atoms with E-state index < -0.39 is 11.7 Å². The van der Waals surface area contributed by atoms with Crippen LogP contribution in [-0.4, -0.2) is 32.2 Å². The normalized spacial score (nSPS) is 16.3. The Morgan fingerprint density at radius 3 is 2.75 bits per heavy atom. The van der Waals surface area contributed by atoms with E-state index in [4.69, 9.17) is 0 Å². The third-order valence-corrected chi connectivity index (χ3v) is 4.65. The molecule has 28 heavy (non-hydrogen) atoms. The van der Waals surface area contributed by atoms with Gasteiger partial charge in [-0.1, -0.05) is 30.3 Å². The summed E-state index contributed by atoms with van der Waals surface area (Å²) in [6.07, 6.45) is -3.69. The van der Waals surface area contributed by atoms with Gasteiger partial charge in [0.25, 0.3) is 5.91 Å². The van der Waals surface area contributed by atoms with E-state index in [0.717, 1.165) is 34.6 Å². The Balaban J connectivity index is 1.54. The number of carbonyl (C=O) groups is 1. The van der Waals surface area contributed by atoms with Crippen molar-refractivity contribution in [3.05, 3.63) is 59.7 Å². The number of nitrogens with zero attached hydrogens (tertiary/aromatic N) is 5. The molecule has 144 valence electrons. The lowest BCUT2D eigenvalue weighted by molar-refractivity contribution is -0.137. The van der Waals surface area contributed by atoms with E-state index in [1.807, 2.05) is 31.2 Å². The predicted molar refractivity (Wildman–Crippen MR) is 95.3 cm³/mol. The van der Waals surface area contributed by atoms with Crippen LogP contribution in [0.15, 0.2) is 48.5 Å². The summed E-state index contributed by atoms with van der Waals surface area (Å²) in [6.45, 7) is 1.81. The van der Waals surface area contributed by atoms with Crippen molar-refractivity contribution >= 4 is 11.6 Å². The second-order valence-electron chi connectivity index (χ2n) is 6.67. The molecule has 0 saturated heterocycles. The summed E-state index contributed by atoms with van der Waals surface area (Å²) < 4.78 is 38.6. The highest BCUT2D eigenvalue weighted by atomic mass is 19.4. The molecule has 3 aromatic rings. The summed E-state index contributed by atoms with van der Waals surface area (Å²) in [6, 6.07) is 12.4. The molecular weight excluding hydrogens is 371 g/mol. The van der Waals surface area contributed by atoms with Crippen molar-refractivity contribution in [3.63, 3.8) is 0 Å². The Bertz CT molecular complexity index is 1030. The summed E-state index contributed by atoms with van der Waals surface area (Å²) in [5.74, 6) is -0.167. The quantitative estimate of drug-likeness (QED) is 0.692. The molecule has 0 aliphatic carbocycles. The van der Waals surface area contributed by atoms with Gasteiger partial charge in [0.2, 0.25) is 5.82 Å². The molecule has 0 saturated carbocycles. The summed E-state index contributed by atoms with van der Waals surface area (Å²) >= 11 is 0. The first kappa shape index (κ1) is 18.1. The third-order valence-electron chi connectivity index (χ3n) is 4.65. The lowest BCUT2D eigenvalue weighted by Gasteiger charge is -2.22. The smallest absolute Gasteiger partial charge is 0.307 e. The molecule has 0 fully saturated rings. The molecule has 2 aromatic carbocycles. The molecule has 1 aromatic heterocycles. The van der Waals surface area contributed by atoms with Gasteiger partial charge in [-0.2, -0.15) is 18.0 Å². The Hall–Kier alpha value is -3.23. The predicted octanol–water partition coefficient (Wildman–Crippen LogP) is 3.34. The van der Waals surface area contributed by atoms with Crippen LogP contribution < -0.4 is 4.90 Å². The van der Waals surface area contributed by atoms with Crippen LogP contribution in [0.5, 0.6) is 0 Å². The molecule has 6 nitrogen and oxygen atoms in total. The molecule has 1 atom stereocenters. The molecule has 1 aliphatic heterocycles. The van der Waals surface area contributed by atoms with Gasteiger partial charge in [0.05, 0.1) is 5.56 Å². The molecular formula is C19H16F3N5O. The zero-order valence-electron chi connectivity index (χ0n) is 14.9. The summed E-state index contributed by atoms with van der Waals surface area (Å²) in [5, 5.41) is 11.7. The van der Waals surface area contributed by atoms with Crippen molar-refractivity contribution in [1.82, 2.24) is 20.2 Å². The lowest BCUT2D eigenvalue weighted by atomic mass is 10.1. The number of hydrogen-bond donors (Lipinski definition) is 0. The second kappa shape index (κ2) is 6.74. The highest BCUT2D eigenvalue weighted by Crippen LogP contribution is 2.32. The third kappa shape index (κ3) is 3.35. The van der Waals surface area contributed by atoms with Crippen LogP contribution in [0.3, 0.4) is 0 Å². The number of tetrazole rings is 1. The number of halogens is 3. The van der Waals surface area contributed by atoms with Gasteiger partial charge in [-0.05, 0) is 42.3 Å². The first-order valence-electron chi connectivity index (χ1n) is 8.68. The molecule has 0 spiro atoms. The standard InChI is InChI=1S/C19H16F3N5O/c1-12-9-13-5-2-3-8-16(13)27(12)17(28)11-26-24-18(23-25-26)14-6-4-7-15(10-14)19(20,21)22/h2-8,10,12H,9,11H2,1H3/t12-/m1/s1. The van der Waals surface area contributed by atoms with Gasteiger partial charge in [-0.15, -0.1) is 10.2 Å². The maximum Gasteiger partial charge on any atom is 0.416 e. The average molecular weight is 387 g/mol. The van der Waals surface area contributed by atoms with E-state index in [-0.39, 0.29) is 29.9 Å². The average Bonchev–Trinajstić information content (AvgIpc) is 3.24. The van der Waals surface area contributed by atoms with Crippen LogP contribution in [-0.2, 0) is 23.9 Å². The van der Waals surface area contributed by atoms with Gasteiger partial charge in [0, 0.05) is 17.3 Å². The van der Waals surface area contributed by atoms with Gasteiger partial charge < -0.3 is 4.90 Å². The van der Waals surface area contributed by atoms with Crippen molar-refractivity contribution in [1.29, 1.82) is 0 Å². The van der Waals surface area contributed by atoms with E-state index in [1.54, 1.807) is 4.90 Å². The molecule has 4 rings (SSSR count). The number of benzene rings is 2. The number of fused-ring (bicyclic) bond motifs is 1. The summed E-state index contributed by atoms with van der Waals surface area (Å²) in [5.41, 5.74) is 1.35. The number of carbonyl (C=O) groups excluding carboxylic acids is 1. The largest absolute Gasteiger partial charge is 0.416 e. The molecule has 1 aliphatic rings. The van der Waals surface area contributed by atoms with Gasteiger partial charge in [0.15, 0.2) is 0 Å². The van der Waals surface area contributed by atoms with E-state index in [2.05, 4.69) is 15.4 Å². The zero-order chi connectivity index (χ0) is 19.9. The van der Waals surface area contributed by atoms with E-state index >= 15 is 0 Å². The summed E-state index contributed by atoms with van der Waals surface area (Å²) in [7, 11) is 0. The molecule has 0 unspecified atom stereocenters. The number of hydrogen-bond acceptors (Lipinski definition) is 4. The minimum Gasteiger partial charge on any atom is -0.307 e. The van der Waals surface area contributed by atoms with Crippen molar-refractivity contribution in [2.75, 3.05) is 4.90 Å². The minimum absolute atomic E-state index is 0.0105. The van der Waals surface area contributed by atoms with Crippen LogP contribution in [0.1, 0.15) is 18.1 Å².